The van der Waals surface area contributed by atoms with Crippen molar-refractivity contribution in [1.82, 2.24) is 25.3 Å². The third kappa shape index (κ3) is 7.21. The molecule has 4 rings (SSSR count). The summed E-state index contributed by atoms with van der Waals surface area (Å²) in [7, 11) is 1.64. The number of amides is 3. The monoisotopic (exact) mass is 516 g/mol. The first-order valence-electron chi connectivity index (χ1n) is 13.1. The summed E-state index contributed by atoms with van der Waals surface area (Å²) >= 11 is 0. The predicted octanol–water partition coefficient (Wildman–Crippen LogP) is 3.81. The molecule has 1 aliphatic rings. The van der Waals surface area contributed by atoms with Crippen LogP contribution in [-0.4, -0.2) is 78.3 Å². The average Bonchev–Trinajstić information content (AvgIpc) is 3.23. The first-order valence-corrected chi connectivity index (χ1v) is 13.1. The number of nitrogens with zero attached hydrogens (tertiary/aromatic N) is 5. The number of hydrogen-bond donors (Lipinski definition) is 1. The quantitative estimate of drug-likeness (QED) is 0.465. The third-order valence-corrected chi connectivity index (χ3v) is 6.54. The average molecular weight is 517 g/mol. The molecule has 1 aliphatic heterocycles. The number of hydrogen-bond acceptors (Lipinski definition) is 6. The van der Waals surface area contributed by atoms with Crippen LogP contribution in [0.25, 0.3) is 11.3 Å². The van der Waals surface area contributed by atoms with Crippen LogP contribution in [0.4, 0.5) is 10.6 Å². The van der Waals surface area contributed by atoms with E-state index < -0.39 is 0 Å². The van der Waals surface area contributed by atoms with Crippen molar-refractivity contribution in [3.05, 3.63) is 72.3 Å². The molecule has 1 saturated heterocycles. The van der Waals surface area contributed by atoms with E-state index >= 15 is 0 Å². The summed E-state index contributed by atoms with van der Waals surface area (Å²) < 4.78 is 5.31. The Kier molecular flexibility index (Phi) is 9.50. The van der Waals surface area contributed by atoms with E-state index in [-0.39, 0.29) is 18.5 Å². The number of carbonyl (C=O) groups excluding carboxylic acids is 2. The van der Waals surface area contributed by atoms with Gasteiger partial charge in [0.25, 0.3) is 0 Å². The number of ether oxygens (including phenoxy) is 1. The molecular weight excluding hydrogens is 480 g/mol. The lowest BCUT2D eigenvalue weighted by Crippen LogP contribution is -2.47. The van der Waals surface area contributed by atoms with Gasteiger partial charge in [-0.1, -0.05) is 49.4 Å². The van der Waals surface area contributed by atoms with Gasteiger partial charge in [0.05, 0.1) is 12.8 Å². The van der Waals surface area contributed by atoms with Crippen LogP contribution in [0.15, 0.2) is 66.7 Å². The minimum atomic E-state index is -0.216. The van der Waals surface area contributed by atoms with Gasteiger partial charge >= 0.3 is 6.03 Å². The van der Waals surface area contributed by atoms with Gasteiger partial charge in [0.2, 0.25) is 5.91 Å². The number of methoxy groups -OCH3 is 1. The molecule has 0 aliphatic carbocycles. The first-order chi connectivity index (χ1) is 18.6. The van der Waals surface area contributed by atoms with Crippen molar-refractivity contribution in [2.45, 2.75) is 26.3 Å². The number of urea groups is 1. The molecule has 1 aromatic heterocycles. The first kappa shape index (κ1) is 26.9. The smallest absolute Gasteiger partial charge is 0.318 e. The molecular formula is C29H36N6O3. The lowest BCUT2D eigenvalue weighted by Gasteiger charge is -2.27. The summed E-state index contributed by atoms with van der Waals surface area (Å²) in [5, 5.41) is 11.8. The number of benzene rings is 2. The minimum Gasteiger partial charge on any atom is -0.497 e. The van der Waals surface area contributed by atoms with Crippen LogP contribution in [0.3, 0.4) is 0 Å². The van der Waals surface area contributed by atoms with Gasteiger partial charge in [0.1, 0.15) is 12.3 Å². The second kappa shape index (κ2) is 13.4. The van der Waals surface area contributed by atoms with Crippen LogP contribution in [-0.2, 0) is 11.3 Å². The van der Waals surface area contributed by atoms with Crippen molar-refractivity contribution in [3.63, 3.8) is 0 Å². The van der Waals surface area contributed by atoms with Crippen molar-refractivity contribution in [2.24, 2.45) is 0 Å². The van der Waals surface area contributed by atoms with Gasteiger partial charge < -0.3 is 24.8 Å². The van der Waals surface area contributed by atoms with Gasteiger partial charge in [0, 0.05) is 44.8 Å². The molecule has 200 valence electrons. The molecule has 1 N–H and O–H groups in total. The number of aromatic nitrogens is 2. The van der Waals surface area contributed by atoms with Crippen LogP contribution in [0.1, 0.15) is 25.3 Å². The minimum absolute atomic E-state index is 0.0412. The van der Waals surface area contributed by atoms with E-state index in [1.807, 2.05) is 78.6 Å². The lowest BCUT2D eigenvalue weighted by atomic mass is 10.1. The molecule has 1 fully saturated rings. The van der Waals surface area contributed by atoms with Gasteiger partial charge in [-0.3, -0.25) is 4.79 Å². The van der Waals surface area contributed by atoms with Crippen LogP contribution in [0, 0.1) is 0 Å². The number of rotatable bonds is 9. The van der Waals surface area contributed by atoms with Crippen molar-refractivity contribution in [2.75, 3.05) is 51.3 Å². The molecule has 3 amide bonds. The summed E-state index contributed by atoms with van der Waals surface area (Å²) in [6.45, 7) is 5.65. The van der Waals surface area contributed by atoms with E-state index in [4.69, 9.17) is 4.74 Å². The lowest BCUT2D eigenvalue weighted by molar-refractivity contribution is -0.131. The number of nitrogens with one attached hydrogen (secondary N) is 1. The van der Waals surface area contributed by atoms with Gasteiger partial charge in [-0.25, -0.2) is 4.79 Å². The Labute approximate surface area is 224 Å². The Hall–Kier alpha value is -4.14. The summed E-state index contributed by atoms with van der Waals surface area (Å²) in [4.78, 5) is 31.7. The molecule has 2 heterocycles. The highest BCUT2D eigenvalue weighted by Crippen LogP contribution is 2.23. The Bertz CT molecular complexity index is 1190. The highest BCUT2D eigenvalue weighted by Gasteiger charge is 2.24. The molecule has 38 heavy (non-hydrogen) atoms. The Balaban J connectivity index is 1.37. The number of carbonyl (C=O) groups is 2. The molecule has 2 aromatic carbocycles. The molecule has 0 spiro atoms. The highest BCUT2D eigenvalue weighted by atomic mass is 16.5. The number of anilines is 1. The molecule has 3 aromatic rings. The van der Waals surface area contributed by atoms with E-state index in [0.717, 1.165) is 47.8 Å². The van der Waals surface area contributed by atoms with E-state index in [9.17, 15) is 9.59 Å². The zero-order valence-electron chi connectivity index (χ0n) is 22.2. The van der Waals surface area contributed by atoms with E-state index in [0.29, 0.717) is 32.7 Å². The predicted molar refractivity (Wildman–Crippen MR) is 148 cm³/mol. The fourth-order valence-electron chi connectivity index (χ4n) is 4.44. The summed E-state index contributed by atoms with van der Waals surface area (Å²) in [6, 6.07) is 21.2. The third-order valence-electron chi connectivity index (χ3n) is 6.54. The SMILES string of the molecule is CCCNC(=O)N(CC(=O)N1CCCN(c2ccc(-c3cccc(OC)c3)nn2)CC1)Cc1ccccc1. The normalized spacial score (nSPS) is 13.5. The summed E-state index contributed by atoms with van der Waals surface area (Å²) in [5.41, 5.74) is 2.71. The second-order valence-corrected chi connectivity index (χ2v) is 9.30. The Morgan fingerprint density at radius 3 is 2.55 bits per heavy atom. The second-order valence-electron chi connectivity index (χ2n) is 9.30. The van der Waals surface area contributed by atoms with Crippen molar-refractivity contribution in [3.8, 4) is 17.0 Å². The summed E-state index contributed by atoms with van der Waals surface area (Å²) in [5.74, 6) is 1.51. The molecule has 0 radical (unpaired) electrons. The van der Waals surface area contributed by atoms with E-state index in [2.05, 4.69) is 20.4 Å². The maximum Gasteiger partial charge on any atom is 0.318 e. The standard InChI is InChI=1S/C29H36N6O3/c1-3-15-30-29(37)35(21-23-9-5-4-6-10-23)22-28(36)34-17-8-16-33(18-19-34)27-14-13-26(31-32-27)24-11-7-12-25(20-24)38-2/h4-7,9-14,20H,3,8,15-19,21-22H2,1-2H3,(H,30,37). The summed E-state index contributed by atoms with van der Waals surface area (Å²) in [6.07, 6.45) is 1.65. The van der Waals surface area contributed by atoms with Crippen molar-refractivity contribution < 1.29 is 14.3 Å². The van der Waals surface area contributed by atoms with Crippen LogP contribution < -0.4 is 15.0 Å². The van der Waals surface area contributed by atoms with Gasteiger partial charge in [-0.05, 0) is 42.7 Å². The van der Waals surface area contributed by atoms with Crippen LogP contribution >= 0.6 is 0 Å². The molecule has 0 saturated carbocycles. The van der Waals surface area contributed by atoms with Crippen molar-refractivity contribution >= 4 is 17.8 Å². The largest absolute Gasteiger partial charge is 0.497 e. The van der Waals surface area contributed by atoms with Crippen molar-refractivity contribution in [1.29, 1.82) is 0 Å². The fourth-order valence-corrected chi connectivity index (χ4v) is 4.44. The van der Waals surface area contributed by atoms with Gasteiger partial charge in [-0.2, -0.15) is 0 Å². The Morgan fingerprint density at radius 1 is 0.974 bits per heavy atom. The molecule has 0 atom stereocenters. The molecule has 0 unspecified atom stereocenters. The maximum atomic E-state index is 13.3. The van der Waals surface area contributed by atoms with Gasteiger partial charge in [0.15, 0.2) is 5.82 Å². The zero-order valence-corrected chi connectivity index (χ0v) is 22.2. The molecule has 9 nitrogen and oxygen atoms in total. The Morgan fingerprint density at radius 2 is 1.82 bits per heavy atom. The van der Waals surface area contributed by atoms with Crippen LogP contribution in [0.2, 0.25) is 0 Å². The highest BCUT2D eigenvalue weighted by molar-refractivity contribution is 5.84. The van der Waals surface area contributed by atoms with E-state index in [1.165, 1.54) is 0 Å². The van der Waals surface area contributed by atoms with Gasteiger partial charge in [-0.15, -0.1) is 10.2 Å². The zero-order chi connectivity index (χ0) is 26.7. The topological polar surface area (TPSA) is 90.9 Å². The molecule has 9 heteroatoms. The van der Waals surface area contributed by atoms with E-state index in [1.54, 1.807) is 12.0 Å². The fraction of sp³-hybridized carbons (Fsp3) is 0.379. The maximum absolute atomic E-state index is 13.3. The molecule has 0 bridgehead atoms. The van der Waals surface area contributed by atoms with Crippen LogP contribution in [0.5, 0.6) is 5.75 Å².